The number of ether oxygens (including phenoxy) is 2. The maximum absolute atomic E-state index is 12.4. The second-order valence-corrected chi connectivity index (χ2v) is 6.84. The van der Waals surface area contributed by atoms with E-state index in [1.807, 2.05) is 29.2 Å². The van der Waals surface area contributed by atoms with Crippen molar-refractivity contribution in [1.82, 2.24) is 4.90 Å². The Morgan fingerprint density at radius 1 is 0.926 bits per heavy atom. The number of amides is 2. The highest BCUT2D eigenvalue weighted by atomic mass is 16.7. The van der Waals surface area contributed by atoms with E-state index in [0.717, 1.165) is 31.5 Å². The van der Waals surface area contributed by atoms with E-state index in [0.29, 0.717) is 29.2 Å². The van der Waals surface area contributed by atoms with Crippen molar-refractivity contribution >= 4 is 17.5 Å². The second-order valence-electron chi connectivity index (χ2n) is 6.84. The molecule has 0 saturated carbocycles. The molecule has 6 nitrogen and oxygen atoms in total. The van der Waals surface area contributed by atoms with Crippen molar-refractivity contribution in [3.63, 3.8) is 0 Å². The van der Waals surface area contributed by atoms with Crippen LogP contribution in [-0.4, -0.2) is 36.6 Å². The molecule has 1 fully saturated rings. The minimum absolute atomic E-state index is 0.173. The molecule has 0 radical (unpaired) electrons. The van der Waals surface area contributed by atoms with Crippen molar-refractivity contribution in [2.45, 2.75) is 25.7 Å². The van der Waals surface area contributed by atoms with Gasteiger partial charge in [-0.1, -0.05) is 12.1 Å². The predicted molar refractivity (Wildman–Crippen MR) is 101 cm³/mol. The number of carbonyl (C=O) groups is 2. The van der Waals surface area contributed by atoms with E-state index in [9.17, 15) is 9.59 Å². The van der Waals surface area contributed by atoms with Crippen molar-refractivity contribution in [1.29, 1.82) is 0 Å². The molecule has 2 aliphatic heterocycles. The van der Waals surface area contributed by atoms with Crippen LogP contribution in [-0.2, 0) is 11.2 Å². The van der Waals surface area contributed by atoms with Crippen LogP contribution in [0.4, 0.5) is 5.69 Å². The van der Waals surface area contributed by atoms with Gasteiger partial charge in [-0.05, 0) is 55.2 Å². The van der Waals surface area contributed by atoms with Gasteiger partial charge < -0.3 is 19.7 Å². The van der Waals surface area contributed by atoms with Gasteiger partial charge in [0.05, 0.1) is 6.42 Å². The minimum atomic E-state index is -0.217. The lowest BCUT2D eigenvalue weighted by Crippen LogP contribution is -2.36. The molecule has 1 N–H and O–H groups in total. The lowest BCUT2D eigenvalue weighted by molar-refractivity contribution is -0.131. The smallest absolute Gasteiger partial charge is 0.255 e. The molecule has 2 aliphatic rings. The number of nitrogens with one attached hydrogen (secondary N) is 1. The molecule has 2 aromatic carbocycles. The Morgan fingerprint density at radius 3 is 2.44 bits per heavy atom. The molecule has 140 valence electrons. The first-order valence-electron chi connectivity index (χ1n) is 9.27. The molecule has 4 rings (SSSR count). The topological polar surface area (TPSA) is 67.9 Å². The summed E-state index contributed by atoms with van der Waals surface area (Å²) in [5, 5.41) is 2.86. The van der Waals surface area contributed by atoms with Gasteiger partial charge in [0.15, 0.2) is 11.5 Å². The van der Waals surface area contributed by atoms with Crippen molar-refractivity contribution < 1.29 is 19.1 Å². The number of fused-ring (bicyclic) bond motifs is 1. The van der Waals surface area contributed by atoms with Gasteiger partial charge in [0, 0.05) is 24.3 Å². The highest BCUT2D eigenvalue weighted by Crippen LogP contribution is 2.32. The van der Waals surface area contributed by atoms with E-state index in [-0.39, 0.29) is 18.6 Å². The first-order valence-corrected chi connectivity index (χ1v) is 9.27. The Bertz CT molecular complexity index is 842. The number of hydrogen-bond acceptors (Lipinski definition) is 4. The molecular weight excluding hydrogens is 344 g/mol. The Labute approximate surface area is 158 Å². The molecule has 2 amide bonds. The standard InChI is InChI=1S/C21H22N2O4/c24-20(23-10-2-1-3-11-23)12-15-4-7-17(8-5-15)22-21(25)16-6-9-18-19(13-16)27-14-26-18/h4-9,13H,1-3,10-12,14H2,(H,22,25). The van der Waals surface area contributed by atoms with E-state index in [4.69, 9.17) is 9.47 Å². The van der Waals surface area contributed by atoms with Gasteiger partial charge in [0.2, 0.25) is 12.7 Å². The zero-order chi connectivity index (χ0) is 18.6. The number of piperidine rings is 1. The van der Waals surface area contributed by atoms with Gasteiger partial charge in [-0.15, -0.1) is 0 Å². The average Bonchev–Trinajstić information content (AvgIpc) is 3.18. The number of benzene rings is 2. The summed E-state index contributed by atoms with van der Waals surface area (Å²) in [5.74, 6) is 1.18. The number of rotatable bonds is 4. The lowest BCUT2D eigenvalue weighted by Gasteiger charge is -2.26. The Hall–Kier alpha value is -3.02. The maximum Gasteiger partial charge on any atom is 0.255 e. The maximum atomic E-state index is 12.4. The number of nitrogens with zero attached hydrogens (tertiary/aromatic N) is 1. The van der Waals surface area contributed by atoms with Crippen LogP contribution in [0.1, 0.15) is 35.2 Å². The fraction of sp³-hybridized carbons (Fsp3) is 0.333. The largest absolute Gasteiger partial charge is 0.454 e. The first kappa shape index (κ1) is 17.4. The Kier molecular flexibility index (Phi) is 4.96. The molecule has 0 atom stereocenters. The van der Waals surface area contributed by atoms with Crippen molar-refractivity contribution in [2.24, 2.45) is 0 Å². The van der Waals surface area contributed by atoms with Gasteiger partial charge >= 0.3 is 0 Å². The zero-order valence-electron chi connectivity index (χ0n) is 15.1. The van der Waals surface area contributed by atoms with Gasteiger partial charge in [0.1, 0.15) is 0 Å². The second kappa shape index (κ2) is 7.70. The minimum Gasteiger partial charge on any atom is -0.454 e. The van der Waals surface area contributed by atoms with Crippen LogP contribution in [0.5, 0.6) is 11.5 Å². The van der Waals surface area contributed by atoms with Crippen LogP contribution in [0, 0.1) is 0 Å². The van der Waals surface area contributed by atoms with Gasteiger partial charge in [0.25, 0.3) is 5.91 Å². The van der Waals surface area contributed by atoms with E-state index >= 15 is 0 Å². The zero-order valence-corrected chi connectivity index (χ0v) is 15.1. The lowest BCUT2D eigenvalue weighted by atomic mass is 10.1. The fourth-order valence-electron chi connectivity index (χ4n) is 3.38. The summed E-state index contributed by atoms with van der Waals surface area (Å²) in [6.45, 7) is 1.91. The molecule has 6 heteroatoms. The Morgan fingerprint density at radius 2 is 1.67 bits per heavy atom. The summed E-state index contributed by atoms with van der Waals surface area (Å²) in [6.07, 6.45) is 3.80. The third-order valence-electron chi connectivity index (χ3n) is 4.91. The van der Waals surface area contributed by atoms with Gasteiger partial charge in [-0.3, -0.25) is 9.59 Å². The first-order chi connectivity index (χ1) is 13.2. The van der Waals surface area contributed by atoms with E-state index < -0.39 is 0 Å². The highest BCUT2D eigenvalue weighted by Gasteiger charge is 2.18. The summed E-state index contributed by atoms with van der Waals surface area (Å²) < 4.78 is 10.6. The van der Waals surface area contributed by atoms with Gasteiger partial charge in [-0.2, -0.15) is 0 Å². The number of carbonyl (C=O) groups excluding carboxylic acids is 2. The van der Waals surface area contributed by atoms with Crippen LogP contribution in [0.3, 0.4) is 0 Å². The number of likely N-dealkylation sites (tertiary alicyclic amines) is 1. The number of hydrogen-bond donors (Lipinski definition) is 1. The predicted octanol–water partition coefficient (Wildman–Crippen LogP) is 3.22. The molecule has 27 heavy (non-hydrogen) atoms. The van der Waals surface area contributed by atoms with Gasteiger partial charge in [-0.25, -0.2) is 0 Å². The molecule has 0 aromatic heterocycles. The summed E-state index contributed by atoms with van der Waals surface area (Å²) >= 11 is 0. The summed E-state index contributed by atoms with van der Waals surface area (Å²) in [7, 11) is 0. The number of anilines is 1. The normalized spacial score (nSPS) is 15.5. The van der Waals surface area contributed by atoms with Crippen LogP contribution >= 0.6 is 0 Å². The monoisotopic (exact) mass is 366 g/mol. The fourth-order valence-corrected chi connectivity index (χ4v) is 3.38. The third kappa shape index (κ3) is 4.05. The third-order valence-corrected chi connectivity index (χ3v) is 4.91. The average molecular weight is 366 g/mol. The molecule has 0 bridgehead atoms. The molecule has 0 unspecified atom stereocenters. The van der Waals surface area contributed by atoms with Crippen molar-refractivity contribution in [3.8, 4) is 11.5 Å². The quantitative estimate of drug-likeness (QED) is 0.902. The molecule has 0 aliphatic carbocycles. The van der Waals surface area contributed by atoms with Crippen molar-refractivity contribution in [3.05, 3.63) is 53.6 Å². The Balaban J connectivity index is 1.36. The van der Waals surface area contributed by atoms with Crippen LogP contribution < -0.4 is 14.8 Å². The van der Waals surface area contributed by atoms with E-state index in [2.05, 4.69) is 5.32 Å². The molecule has 2 aromatic rings. The van der Waals surface area contributed by atoms with Crippen LogP contribution in [0.25, 0.3) is 0 Å². The van der Waals surface area contributed by atoms with E-state index in [1.165, 1.54) is 6.42 Å². The molecule has 2 heterocycles. The highest BCUT2D eigenvalue weighted by molar-refractivity contribution is 6.04. The van der Waals surface area contributed by atoms with Crippen LogP contribution in [0.2, 0.25) is 0 Å². The molecule has 1 saturated heterocycles. The summed E-state index contributed by atoms with van der Waals surface area (Å²) in [6, 6.07) is 12.5. The van der Waals surface area contributed by atoms with Crippen LogP contribution in [0.15, 0.2) is 42.5 Å². The van der Waals surface area contributed by atoms with E-state index in [1.54, 1.807) is 18.2 Å². The molecule has 0 spiro atoms. The molecular formula is C21H22N2O4. The summed E-state index contributed by atoms with van der Waals surface area (Å²) in [4.78, 5) is 26.7. The van der Waals surface area contributed by atoms with Crippen molar-refractivity contribution in [2.75, 3.05) is 25.2 Å². The SMILES string of the molecule is O=C(Nc1ccc(CC(=O)N2CCCCC2)cc1)c1ccc2c(c1)OCO2. The summed E-state index contributed by atoms with van der Waals surface area (Å²) in [5.41, 5.74) is 2.14.